The van der Waals surface area contributed by atoms with Crippen molar-refractivity contribution in [3.63, 3.8) is 0 Å². The Kier molecular flexibility index (Phi) is 4.23. The fraction of sp³-hybridized carbons (Fsp3) is 0.389. The minimum atomic E-state index is 0.404. The molecule has 1 aliphatic heterocycles. The van der Waals surface area contributed by atoms with Gasteiger partial charge < -0.3 is 15.5 Å². The van der Waals surface area contributed by atoms with Crippen LogP contribution in [-0.2, 0) is 0 Å². The lowest BCUT2D eigenvalue weighted by molar-refractivity contribution is 0.349. The molecule has 0 unspecified atom stereocenters. The van der Waals surface area contributed by atoms with Crippen LogP contribution >= 0.6 is 0 Å². The molecule has 0 radical (unpaired) electrons. The normalized spacial score (nSPS) is 15.4. The highest BCUT2D eigenvalue weighted by atomic mass is 15.3. The van der Waals surface area contributed by atoms with Crippen molar-refractivity contribution in [1.82, 2.24) is 25.1 Å². The van der Waals surface area contributed by atoms with Crippen LogP contribution in [0.5, 0.6) is 0 Å². The summed E-state index contributed by atoms with van der Waals surface area (Å²) >= 11 is 0. The second-order valence-corrected chi connectivity index (χ2v) is 6.60. The summed E-state index contributed by atoms with van der Waals surface area (Å²) in [7, 11) is 4.07. The standard InChI is InChI=1S/C18H23N7/c1-24(2)14-5-3-13(4-6-14)23-17-16-11-22-25(18(16)21-12-20-17)15-7-9-19-10-8-15/h3-6,11-12,15,19H,7-10H2,1-2H3,(H,20,21,23). The average Bonchev–Trinajstić information content (AvgIpc) is 3.08. The zero-order valence-corrected chi connectivity index (χ0v) is 14.6. The molecule has 1 fully saturated rings. The highest BCUT2D eigenvalue weighted by molar-refractivity contribution is 5.88. The smallest absolute Gasteiger partial charge is 0.163 e. The molecule has 7 nitrogen and oxygen atoms in total. The summed E-state index contributed by atoms with van der Waals surface area (Å²) in [5, 5.41) is 12.3. The first kappa shape index (κ1) is 15.8. The van der Waals surface area contributed by atoms with Gasteiger partial charge in [-0.15, -0.1) is 0 Å². The summed E-state index contributed by atoms with van der Waals surface area (Å²) in [5.74, 6) is 0.794. The van der Waals surface area contributed by atoms with E-state index in [2.05, 4.69) is 59.5 Å². The first-order valence-electron chi connectivity index (χ1n) is 8.66. The van der Waals surface area contributed by atoms with E-state index in [0.29, 0.717) is 6.04 Å². The molecular weight excluding hydrogens is 314 g/mol. The van der Waals surface area contributed by atoms with E-state index in [1.807, 2.05) is 20.3 Å². The summed E-state index contributed by atoms with van der Waals surface area (Å²) < 4.78 is 2.05. The minimum absolute atomic E-state index is 0.404. The van der Waals surface area contributed by atoms with E-state index >= 15 is 0 Å². The van der Waals surface area contributed by atoms with E-state index in [9.17, 15) is 0 Å². The number of anilines is 3. The van der Waals surface area contributed by atoms with Crippen molar-refractivity contribution in [2.45, 2.75) is 18.9 Å². The third-order valence-electron chi connectivity index (χ3n) is 4.69. The van der Waals surface area contributed by atoms with Gasteiger partial charge in [-0.3, -0.25) is 0 Å². The topological polar surface area (TPSA) is 70.9 Å². The SMILES string of the molecule is CN(C)c1ccc(Nc2ncnc3c2cnn3C2CCNCC2)cc1. The monoisotopic (exact) mass is 337 g/mol. The maximum atomic E-state index is 4.60. The number of hydrogen-bond donors (Lipinski definition) is 2. The van der Waals surface area contributed by atoms with E-state index in [1.165, 1.54) is 0 Å². The average molecular weight is 337 g/mol. The number of rotatable bonds is 4. The van der Waals surface area contributed by atoms with Gasteiger partial charge in [-0.2, -0.15) is 5.10 Å². The molecule has 7 heteroatoms. The minimum Gasteiger partial charge on any atom is -0.378 e. The van der Waals surface area contributed by atoms with Gasteiger partial charge in [0.05, 0.1) is 17.6 Å². The molecule has 3 aromatic rings. The Bertz CT molecular complexity index is 847. The van der Waals surface area contributed by atoms with Gasteiger partial charge in [0.1, 0.15) is 12.1 Å². The molecule has 0 aliphatic carbocycles. The molecule has 2 N–H and O–H groups in total. The van der Waals surface area contributed by atoms with Crippen molar-refractivity contribution in [2.24, 2.45) is 0 Å². The molecule has 3 heterocycles. The fourth-order valence-corrected chi connectivity index (χ4v) is 3.26. The lowest BCUT2D eigenvalue weighted by Crippen LogP contribution is -2.29. The highest BCUT2D eigenvalue weighted by Crippen LogP contribution is 2.27. The summed E-state index contributed by atoms with van der Waals surface area (Å²) in [6.45, 7) is 2.06. The van der Waals surface area contributed by atoms with E-state index in [0.717, 1.165) is 54.2 Å². The summed E-state index contributed by atoms with van der Waals surface area (Å²) in [4.78, 5) is 11.0. The first-order chi connectivity index (χ1) is 12.2. The third-order valence-corrected chi connectivity index (χ3v) is 4.69. The van der Waals surface area contributed by atoms with Gasteiger partial charge in [0, 0.05) is 25.5 Å². The van der Waals surface area contributed by atoms with Crippen molar-refractivity contribution in [2.75, 3.05) is 37.4 Å². The van der Waals surface area contributed by atoms with Crippen molar-refractivity contribution in [3.05, 3.63) is 36.8 Å². The largest absolute Gasteiger partial charge is 0.378 e. The molecule has 130 valence electrons. The van der Waals surface area contributed by atoms with Gasteiger partial charge in [0.2, 0.25) is 0 Å². The highest BCUT2D eigenvalue weighted by Gasteiger charge is 2.19. The number of nitrogens with one attached hydrogen (secondary N) is 2. The van der Waals surface area contributed by atoms with Gasteiger partial charge in [-0.25, -0.2) is 14.6 Å². The number of fused-ring (bicyclic) bond motifs is 1. The molecule has 4 rings (SSSR count). The number of nitrogens with zero attached hydrogens (tertiary/aromatic N) is 5. The Balaban J connectivity index is 1.62. The van der Waals surface area contributed by atoms with Crippen LogP contribution in [0.3, 0.4) is 0 Å². The Morgan fingerprint density at radius 2 is 1.88 bits per heavy atom. The van der Waals surface area contributed by atoms with Crippen molar-refractivity contribution >= 4 is 28.2 Å². The number of piperidine rings is 1. The zero-order valence-electron chi connectivity index (χ0n) is 14.6. The molecule has 0 saturated carbocycles. The summed E-state index contributed by atoms with van der Waals surface area (Å²) in [6, 6.07) is 8.68. The zero-order chi connectivity index (χ0) is 17.2. The molecule has 25 heavy (non-hydrogen) atoms. The maximum Gasteiger partial charge on any atom is 0.163 e. The van der Waals surface area contributed by atoms with Gasteiger partial charge in [0.15, 0.2) is 5.65 Å². The molecular formula is C18H23N7. The molecule has 1 aromatic carbocycles. The van der Waals surface area contributed by atoms with Crippen LogP contribution in [0.1, 0.15) is 18.9 Å². The van der Waals surface area contributed by atoms with Gasteiger partial charge in [-0.1, -0.05) is 0 Å². The molecule has 0 bridgehead atoms. The number of benzene rings is 1. The quantitative estimate of drug-likeness (QED) is 0.762. The molecule has 2 aromatic heterocycles. The van der Waals surface area contributed by atoms with Gasteiger partial charge in [-0.05, 0) is 50.2 Å². The van der Waals surface area contributed by atoms with Gasteiger partial charge in [0.25, 0.3) is 0 Å². The second kappa shape index (κ2) is 6.68. The molecule has 1 saturated heterocycles. The van der Waals surface area contributed by atoms with Crippen molar-refractivity contribution in [3.8, 4) is 0 Å². The first-order valence-corrected chi connectivity index (χ1v) is 8.66. The second-order valence-electron chi connectivity index (χ2n) is 6.60. The Labute approximate surface area is 147 Å². The predicted molar refractivity (Wildman–Crippen MR) is 101 cm³/mol. The molecule has 1 aliphatic rings. The van der Waals surface area contributed by atoms with Gasteiger partial charge >= 0.3 is 0 Å². The van der Waals surface area contributed by atoms with Crippen LogP contribution in [0.2, 0.25) is 0 Å². The van der Waals surface area contributed by atoms with Crippen LogP contribution in [0, 0.1) is 0 Å². The van der Waals surface area contributed by atoms with E-state index in [-0.39, 0.29) is 0 Å². The van der Waals surface area contributed by atoms with E-state index in [4.69, 9.17) is 0 Å². The summed E-state index contributed by atoms with van der Waals surface area (Å²) in [6.07, 6.45) is 5.64. The van der Waals surface area contributed by atoms with E-state index < -0.39 is 0 Å². The van der Waals surface area contributed by atoms with Crippen LogP contribution < -0.4 is 15.5 Å². The number of hydrogen-bond acceptors (Lipinski definition) is 6. The Morgan fingerprint density at radius 3 is 2.60 bits per heavy atom. The molecule has 0 amide bonds. The lowest BCUT2D eigenvalue weighted by atomic mass is 10.1. The van der Waals surface area contributed by atoms with Crippen molar-refractivity contribution < 1.29 is 0 Å². The molecule has 0 atom stereocenters. The van der Waals surface area contributed by atoms with Crippen molar-refractivity contribution in [1.29, 1.82) is 0 Å². The van der Waals surface area contributed by atoms with Crippen LogP contribution in [0.4, 0.5) is 17.2 Å². The molecule has 0 spiro atoms. The third kappa shape index (κ3) is 3.15. The Morgan fingerprint density at radius 1 is 1.12 bits per heavy atom. The van der Waals surface area contributed by atoms with Crippen LogP contribution in [0.15, 0.2) is 36.8 Å². The van der Waals surface area contributed by atoms with Crippen LogP contribution in [0.25, 0.3) is 11.0 Å². The maximum absolute atomic E-state index is 4.60. The van der Waals surface area contributed by atoms with E-state index in [1.54, 1.807) is 6.33 Å². The lowest BCUT2D eigenvalue weighted by Gasteiger charge is -2.23. The fourth-order valence-electron chi connectivity index (χ4n) is 3.26. The van der Waals surface area contributed by atoms with Crippen LogP contribution in [-0.4, -0.2) is 46.9 Å². The number of aromatic nitrogens is 4. The predicted octanol–water partition coefficient (Wildman–Crippen LogP) is 2.56. The summed E-state index contributed by atoms with van der Waals surface area (Å²) in [5.41, 5.74) is 3.06. The Hall–Kier alpha value is -2.67.